The number of halogens is 1. The molecule has 2 aromatic rings. The predicted octanol–water partition coefficient (Wildman–Crippen LogP) is 4.95. The van der Waals surface area contributed by atoms with Gasteiger partial charge in [0, 0.05) is 28.7 Å². The summed E-state index contributed by atoms with van der Waals surface area (Å²) in [6, 6.07) is 14.5. The molecule has 0 fully saturated rings. The van der Waals surface area contributed by atoms with Crippen LogP contribution in [0.4, 0.5) is 10.1 Å². The first-order valence-electron chi connectivity index (χ1n) is 9.07. The Morgan fingerprint density at radius 2 is 1.93 bits per heavy atom. The van der Waals surface area contributed by atoms with Crippen LogP contribution in [-0.4, -0.2) is 10.7 Å². The SMILES string of the molecule is CC(=O)C1=C(C)NC(SCc2ccccc2F)=C(C#N)[C@@H]1c1ccccc1[N+](=O)[O-]. The van der Waals surface area contributed by atoms with E-state index in [2.05, 4.69) is 11.4 Å². The van der Waals surface area contributed by atoms with E-state index in [4.69, 9.17) is 0 Å². The Balaban J connectivity index is 2.11. The van der Waals surface area contributed by atoms with Crippen molar-refractivity contribution in [1.29, 1.82) is 5.26 Å². The summed E-state index contributed by atoms with van der Waals surface area (Å²) in [4.78, 5) is 23.5. The third kappa shape index (κ3) is 4.11. The number of thioether (sulfide) groups is 1. The highest BCUT2D eigenvalue weighted by Crippen LogP contribution is 2.44. The van der Waals surface area contributed by atoms with Crippen LogP contribution in [0.2, 0.25) is 0 Å². The first-order valence-corrected chi connectivity index (χ1v) is 10.1. The molecular formula is C22H18FN3O3S. The smallest absolute Gasteiger partial charge is 0.273 e. The molecule has 1 heterocycles. The first kappa shape index (κ1) is 21.3. The number of dihydropyridines is 1. The largest absolute Gasteiger partial charge is 0.353 e. The van der Waals surface area contributed by atoms with Crippen LogP contribution in [0.1, 0.15) is 30.9 Å². The Labute approximate surface area is 177 Å². The van der Waals surface area contributed by atoms with E-state index < -0.39 is 10.8 Å². The van der Waals surface area contributed by atoms with Crippen LogP contribution in [0.5, 0.6) is 0 Å². The number of hydrogen-bond donors (Lipinski definition) is 1. The Morgan fingerprint density at radius 1 is 1.27 bits per heavy atom. The second-order valence-electron chi connectivity index (χ2n) is 6.70. The van der Waals surface area contributed by atoms with Crippen molar-refractivity contribution in [2.45, 2.75) is 25.5 Å². The fourth-order valence-corrected chi connectivity index (χ4v) is 4.55. The number of allylic oxidation sites excluding steroid dienone is 3. The standard InChI is InChI=1S/C22H18FN3O3S/c1-13-20(14(2)27)21(16-8-4-6-10-19(16)26(28)29)17(11-24)22(25-13)30-12-15-7-3-5-9-18(15)23/h3-10,21,25H,12H2,1-2H3/t21-/m0/s1. The zero-order valence-electron chi connectivity index (χ0n) is 16.3. The van der Waals surface area contributed by atoms with Crippen molar-refractivity contribution in [3.8, 4) is 6.07 Å². The summed E-state index contributed by atoms with van der Waals surface area (Å²) >= 11 is 1.22. The second kappa shape index (κ2) is 8.93. The number of nitrogens with zero attached hydrogens (tertiary/aromatic N) is 2. The molecule has 0 spiro atoms. The van der Waals surface area contributed by atoms with Crippen molar-refractivity contribution in [3.05, 3.63) is 97.5 Å². The number of hydrogen-bond acceptors (Lipinski definition) is 6. The fraction of sp³-hybridized carbons (Fsp3) is 0.182. The summed E-state index contributed by atoms with van der Waals surface area (Å²) in [5.41, 5.74) is 1.59. The van der Waals surface area contributed by atoms with Gasteiger partial charge in [0.2, 0.25) is 0 Å². The molecule has 0 aliphatic carbocycles. The maximum atomic E-state index is 14.0. The highest BCUT2D eigenvalue weighted by atomic mass is 32.2. The molecule has 0 radical (unpaired) electrons. The van der Waals surface area contributed by atoms with Crippen molar-refractivity contribution in [2.75, 3.05) is 0 Å². The lowest BCUT2D eigenvalue weighted by atomic mass is 9.80. The molecule has 0 saturated carbocycles. The number of benzene rings is 2. The zero-order valence-corrected chi connectivity index (χ0v) is 17.1. The highest BCUT2D eigenvalue weighted by molar-refractivity contribution is 8.02. The van der Waals surface area contributed by atoms with E-state index in [0.29, 0.717) is 21.9 Å². The maximum absolute atomic E-state index is 14.0. The van der Waals surface area contributed by atoms with Crippen molar-refractivity contribution in [2.24, 2.45) is 0 Å². The topological polar surface area (TPSA) is 96.0 Å². The van der Waals surface area contributed by atoms with Crippen molar-refractivity contribution < 1.29 is 14.1 Å². The van der Waals surface area contributed by atoms with Crippen LogP contribution in [0, 0.1) is 27.3 Å². The molecule has 8 heteroatoms. The molecule has 0 bridgehead atoms. The van der Waals surface area contributed by atoms with Crippen LogP contribution in [0.15, 0.2) is 70.4 Å². The molecule has 1 atom stereocenters. The van der Waals surface area contributed by atoms with E-state index in [1.807, 2.05) is 0 Å². The third-order valence-corrected chi connectivity index (χ3v) is 5.87. The molecule has 2 aromatic carbocycles. The summed E-state index contributed by atoms with van der Waals surface area (Å²) in [6.45, 7) is 3.06. The quantitative estimate of drug-likeness (QED) is 0.522. The van der Waals surface area contributed by atoms with Crippen LogP contribution >= 0.6 is 11.8 Å². The van der Waals surface area contributed by atoms with E-state index in [0.717, 1.165) is 0 Å². The molecular weight excluding hydrogens is 405 g/mol. The lowest BCUT2D eigenvalue weighted by Gasteiger charge is -2.29. The van der Waals surface area contributed by atoms with Gasteiger partial charge in [0.1, 0.15) is 5.82 Å². The Kier molecular flexibility index (Phi) is 6.33. The van der Waals surface area contributed by atoms with Crippen LogP contribution in [0.25, 0.3) is 0 Å². The molecule has 0 unspecified atom stereocenters. The number of carbonyl (C=O) groups excluding carboxylic acids is 1. The van der Waals surface area contributed by atoms with E-state index in [-0.39, 0.29) is 34.2 Å². The third-order valence-electron chi connectivity index (χ3n) is 4.80. The Bertz CT molecular complexity index is 1130. The molecule has 1 aliphatic heterocycles. The molecule has 30 heavy (non-hydrogen) atoms. The van der Waals surface area contributed by atoms with Crippen molar-refractivity contribution in [1.82, 2.24) is 5.32 Å². The van der Waals surface area contributed by atoms with Gasteiger partial charge in [0.15, 0.2) is 5.78 Å². The van der Waals surface area contributed by atoms with E-state index in [9.17, 15) is 24.6 Å². The average Bonchev–Trinajstić information content (AvgIpc) is 2.72. The number of nitrogens with one attached hydrogen (secondary N) is 1. The lowest BCUT2D eigenvalue weighted by Crippen LogP contribution is -2.27. The highest BCUT2D eigenvalue weighted by Gasteiger charge is 2.36. The first-order chi connectivity index (χ1) is 14.3. The number of nitro groups is 1. The molecule has 3 rings (SSSR count). The minimum atomic E-state index is -0.876. The zero-order chi connectivity index (χ0) is 21.8. The van der Waals surface area contributed by atoms with Gasteiger partial charge in [0.25, 0.3) is 5.69 Å². The molecule has 0 aromatic heterocycles. The van der Waals surface area contributed by atoms with Crippen molar-refractivity contribution >= 4 is 23.2 Å². The normalized spacial score (nSPS) is 16.1. The molecule has 0 amide bonds. The molecule has 1 aliphatic rings. The van der Waals surface area contributed by atoms with Gasteiger partial charge in [-0.05, 0) is 25.5 Å². The lowest BCUT2D eigenvalue weighted by molar-refractivity contribution is -0.385. The Hall–Kier alpha value is -3.44. The number of para-hydroxylation sites is 1. The molecule has 1 N–H and O–H groups in total. The second-order valence-corrected chi connectivity index (χ2v) is 7.69. The minimum Gasteiger partial charge on any atom is -0.353 e. The van der Waals surface area contributed by atoms with Crippen LogP contribution in [-0.2, 0) is 10.5 Å². The van der Waals surface area contributed by atoms with E-state index in [1.165, 1.54) is 36.9 Å². The van der Waals surface area contributed by atoms with Gasteiger partial charge in [-0.15, -0.1) is 11.8 Å². The number of nitro benzene ring substituents is 1. The van der Waals surface area contributed by atoms with Crippen LogP contribution < -0.4 is 5.32 Å². The van der Waals surface area contributed by atoms with Gasteiger partial charge in [-0.3, -0.25) is 14.9 Å². The van der Waals surface area contributed by atoms with E-state index >= 15 is 0 Å². The monoisotopic (exact) mass is 423 g/mol. The molecule has 152 valence electrons. The summed E-state index contributed by atoms with van der Waals surface area (Å²) < 4.78 is 14.0. The number of nitriles is 1. The predicted molar refractivity (Wildman–Crippen MR) is 113 cm³/mol. The van der Waals surface area contributed by atoms with Gasteiger partial charge in [-0.2, -0.15) is 5.26 Å². The summed E-state index contributed by atoms with van der Waals surface area (Å²) in [5, 5.41) is 25.0. The number of rotatable bonds is 6. The summed E-state index contributed by atoms with van der Waals surface area (Å²) in [5.74, 6) is -1.26. The summed E-state index contributed by atoms with van der Waals surface area (Å²) in [7, 11) is 0. The number of Topliss-reactive ketones (excluding diaryl/α,β-unsaturated/α-hetero) is 1. The Morgan fingerprint density at radius 3 is 2.57 bits per heavy atom. The number of carbonyl (C=O) groups is 1. The van der Waals surface area contributed by atoms with Crippen LogP contribution in [0.3, 0.4) is 0 Å². The fourth-order valence-electron chi connectivity index (χ4n) is 3.47. The van der Waals surface area contributed by atoms with E-state index in [1.54, 1.807) is 37.3 Å². The minimum absolute atomic E-state index is 0.165. The maximum Gasteiger partial charge on any atom is 0.273 e. The van der Waals surface area contributed by atoms with Gasteiger partial charge >= 0.3 is 0 Å². The van der Waals surface area contributed by atoms with Gasteiger partial charge in [-0.25, -0.2) is 4.39 Å². The number of ketones is 1. The summed E-state index contributed by atoms with van der Waals surface area (Å²) in [6.07, 6.45) is 0. The molecule has 0 saturated heterocycles. The van der Waals surface area contributed by atoms with Gasteiger partial charge in [0.05, 0.1) is 27.5 Å². The average molecular weight is 423 g/mol. The molecule has 6 nitrogen and oxygen atoms in total. The van der Waals surface area contributed by atoms with Gasteiger partial charge in [-0.1, -0.05) is 36.4 Å². The van der Waals surface area contributed by atoms with Crippen molar-refractivity contribution in [3.63, 3.8) is 0 Å². The van der Waals surface area contributed by atoms with Gasteiger partial charge < -0.3 is 5.32 Å².